The highest BCUT2D eigenvalue weighted by Crippen LogP contribution is 2.28. The molecular formula is C19H28N2O3S. The average molecular weight is 365 g/mol. The Morgan fingerprint density at radius 2 is 1.76 bits per heavy atom. The molecule has 3 rings (SSSR count). The third-order valence-electron chi connectivity index (χ3n) is 5.42. The van der Waals surface area contributed by atoms with Crippen LogP contribution in [-0.4, -0.2) is 25.6 Å². The summed E-state index contributed by atoms with van der Waals surface area (Å²) in [6.07, 6.45) is 6.32. The van der Waals surface area contributed by atoms with E-state index in [0.29, 0.717) is 12.8 Å². The summed E-state index contributed by atoms with van der Waals surface area (Å²) in [7, 11) is -3.24. The fraction of sp³-hybridized carbons (Fsp3) is 0.632. The van der Waals surface area contributed by atoms with Crippen LogP contribution in [0.15, 0.2) is 18.2 Å². The van der Waals surface area contributed by atoms with E-state index in [1.165, 1.54) is 17.5 Å². The number of amides is 1. The maximum Gasteiger partial charge on any atom is 0.227 e. The van der Waals surface area contributed by atoms with Gasteiger partial charge in [-0.25, -0.2) is 13.1 Å². The summed E-state index contributed by atoms with van der Waals surface area (Å²) in [5, 5.41) is 2.62. The highest BCUT2D eigenvalue weighted by molar-refractivity contribution is 7.90. The number of rotatable bonds is 5. The van der Waals surface area contributed by atoms with E-state index in [-0.39, 0.29) is 17.9 Å². The standard InChI is InChI=1S/C19H28N2O3S/c1-13(2)25(23,24)21-17-9-7-15(8-10-17)19(22)20-18-11-6-14-4-3-5-16(14)12-18/h6,11-13,15,17,21H,3-5,7-10H2,1-2H3,(H,20,22). The Morgan fingerprint density at radius 1 is 1.08 bits per heavy atom. The molecule has 2 aliphatic rings. The minimum Gasteiger partial charge on any atom is -0.326 e. The van der Waals surface area contributed by atoms with Gasteiger partial charge in [0.25, 0.3) is 0 Å². The maximum atomic E-state index is 12.5. The predicted octanol–water partition coefficient (Wildman–Crippen LogP) is 3.00. The zero-order valence-electron chi connectivity index (χ0n) is 15.0. The molecule has 1 amide bonds. The first-order valence-corrected chi connectivity index (χ1v) is 10.8. The summed E-state index contributed by atoms with van der Waals surface area (Å²) in [6.45, 7) is 3.36. The van der Waals surface area contributed by atoms with Gasteiger partial charge in [0.05, 0.1) is 5.25 Å². The number of aryl methyl sites for hydroxylation is 2. The molecule has 25 heavy (non-hydrogen) atoms. The molecule has 1 aromatic carbocycles. The molecule has 0 spiro atoms. The van der Waals surface area contributed by atoms with Gasteiger partial charge in [0.2, 0.25) is 15.9 Å². The number of carbonyl (C=O) groups is 1. The van der Waals surface area contributed by atoms with Crippen molar-refractivity contribution in [3.63, 3.8) is 0 Å². The molecule has 2 aliphatic carbocycles. The van der Waals surface area contributed by atoms with Crippen molar-refractivity contribution < 1.29 is 13.2 Å². The Morgan fingerprint density at radius 3 is 2.44 bits per heavy atom. The van der Waals surface area contributed by atoms with Gasteiger partial charge in [0.15, 0.2) is 0 Å². The van der Waals surface area contributed by atoms with Crippen molar-refractivity contribution in [3.05, 3.63) is 29.3 Å². The number of carbonyl (C=O) groups excluding carboxylic acids is 1. The van der Waals surface area contributed by atoms with Crippen LogP contribution in [0.5, 0.6) is 0 Å². The number of anilines is 1. The summed E-state index contributed by atoms with van der Waals surface area (Å²) in [5.41, 5.74) is 3.63. The average Bonchev–Trinajstić information content (AvgIpc) is 3.02. The second-order valence-electron chi connectivity index (χ2n) is 7.59. The maximum absolute atomic E-state index is 12.5. The van der Waals surface area contributed by atoms with Gasteiger partial charge in [-0.15, -0.1) is 0 Å². The van der Waals surface area contributed by atoms with Crippen molar-refractivity contribution in [1.82, 2.24) is 4.72 Å². The van der Waals surface area contributed by atoms with Crippen LogP contribution in [0.4, 0.5) is 5.69 Å². The lowest BCUT2D eigenvalue weighted by molar-refractivity contribution is -0.120. The molecule has 0 saturated heterocycles. The molecule has 0 bridgehead atoms. The third-order valence-corrected chi connectivity index (χ3v) is 7.32. The van der Waals surface area contributed by atoms with Gasteiger partial charge in [0, 0.05) is 17.6 Å². The lowest BCUT2D eigenvalue weighted by atomic mass is 9.86. The number of nitrogens with one attached hydrogen (secondary N) is 2. The van der Waals surface area contributed by atoms with Crippen LogP contribution < -0.4 is 10.0 Å². The van der Waals surface area contributed by atoms with E-state index >= 15 is 0 Å². The first kappa shape index (κ1) is 18.4. The van der Waals surface area contributed by atoms with Crippen molar-refractivity contribution in [2.45, 2.75) is 70.1 Å². The van der Waals surface area contributed by atoms with Crippen LogP contribution in [0.1, 0.15) is 57.1 Å². The molecule has 138 valence electrons. The lowest BCUT2D eigenvalue weighted by Crippen LogP contribution is -2.42. The van der Waals surface area contributed by atoms with Gasteiger partial charge in [-0.1, -0.05) is 6.07 Å². The molecule has 5 nitrogen and oxygen atoms in total. The first-order chi connectivity index (χ1) is 11.8. The SMILES string of the molecule is CC(C)S(=O)(=O)NC1CCC(C(=O)Nc2ccc3c(c2)CCC3)CC1. The van der Waals surface area contributed by atoms with E-state index in [9.17, 15) is 13.2 Å². The minimum absolute atomic E-state index is 0.0342. The summed E-state index contributed by atoms with van der Waals surface area (Å²) in [4.78, 5) is 12.5. The van der Waals surface area contributed by atoms with Crippen molar-refractivity contribution in [3.8, 4) is 0 Å². The highest BCUT2D eigenvalue weighted by Gasteiger charge is 2.29. The van der Waals surface area contributed by atoms with Crippen LogP contribution >= 0.6 is 0 Å². The number of hydrogen-bond acceptors (Lipinski definition) is 3. The van der Waals surface area contributed by atoms with E-state index in [1.54, 1.807) is 13.8 Å². The number of benzene rings is 1. The molecule has 1 aromatic rings. The van der Waals surface area contributed by atoms with E-state index in [4.69, 9.17) is 0 Å². The van der Waals surface area contributed by atoms with Crippen molar-refractivity contribution in [1.29, 1.82) is 0 Å². The second-order valence-corrected chi connectivity index (χ2v) is 9.85. The smallest absolute Gasteiger partial charge is 0.227 e. The van der Waals surface area contributed by atoms with Crippen molar-refractivity contribution in [2.75, 3.05) is 5.32 Å². The number of hydrogen-bond donors (Lipinski definition) is 2. The largest absolute Gasteiger partial charge is 0.326 e. The first-order valence-electron chi connectivity index (χ1n) is 9.29. The summed E-state index contributed by atoms with van der Waals surface area (Å²) in [6, 6.07) is 6.17. The van der Waals surface area contributed by atoms with Crippen LogP contribution in [-0.2, 0) is 27.7 Å². The van der Waals surface area contributed by atoms with Gasteiger partial charge >= 0.3 is 0 Å². The molecule has 0 radical (unpaired) electrons. The van der Waals surface area contributed by atoms with Gasteiger partial charge in [0.1, 0.15) is 0 Å². The second kappa shape index (κ2) is 7.46. The molecule has 0 aliphatic heterocycles. The topological polar surface area (TPSA) is 75.3 Å². The summed E-state index contributed by atoms with van der Waals surface area (Å²) in [5.74, 6) is 0.0242. The monoisotopic (exact) mass is 364 g/mol. The Labute approximate surface area is 150 Å². The van der Waals surface area contributed by atoms with Crippen molar-refractivity contribution in [2.24, 2.45) is 5.92 Å². The van der Waals surface area contributed by atoms with E-state index < -0.39 is 15.3 Å². The van der Waals surface area contributed by atoms with E-state index in [2.05, 4.69) is 22.2 Å². The molecule has 0 atom stereocenters. The van der Waals surface area contributed by atoms with E-state index in [0.717, 1.165) is 31.4 Å². The number of sulfonamides is 1. The molecule has 0 unspecified atom stereocenters. The minimum atomic E-state index is -3.24. The Balaban J connectivity index is 1.52. The van der Waals surface area contributed by atoms with Crippen LogP contribution in [0.25, 0.3) is 0 Å². The predicted molar refractivity (Wildman–Crippen MR) is 100 cm³/mol. The van der Waals surface area contributed by atoms with Gasteiger partial charge in [-0.2, -0.15) is 0 Å². The molecule has 1 saturated carbocycles. The zero-order chi connectivity index (χ0) is 18.0. The van der Waals surface area contributed by atoms with E-state index in [1.807, 2.05) is 6.07 Å². The quantitative estimate of drug-likeness (QED) is 0.843. The highest BCUT2D eigenvalue weighted by atomic mass is 32.2. The molecule has 1 fully saturated rings. The van der Waals surface area contributed by atoms with Crippen LogP contribution in [0.2, 0.25) is 0 Å². The van der Waals surface area contributed by atoms with Crippen molar-refractivity contribution >= 4 is 21.6 Å². The Bertz CT molecular complexity index is 735. The van der Waals surface area contributed by atoms with Crippen LogP contribution in [0, 0.1) is 5.92 Å². The fourth-order valence-corrected chi connectivity index (χ4v) is 4.71. The molecular weight excluding hydrogens is 336 g/mol. The van der Waals surface area contributed by atoms with Gasteiger partial charge in [-0.3, -0.25) is 4.79 Å². The molecule has 6 heteroatoms. The lowest BCUT2D eigenvalue weighted by Gasteiger charge is -2.28. The molecule has 2 N–H and O–H groups in total. The normalized spacial score (nSPS) is 23.5. The fourth-order valence-electron chi connectivity index (χ4n) is 3.74. The van der Waals surface area contributed by atoms with Gasteiger partial charge in [-0.05, 0) is 82.1 Å². The summed E-state index contributed by atoms with van der Waals surface area (Å²) >= 11 is 0. The van der Waals surface area contributed by atoms with Crippen LogP contribution in [0.3, 0.4) is 0 Å². The zero-order valence-corrected chi connectivity index (χ0v) is 15.9. The van der Waals surface area contributed by atoms with Gasteiger partial charge < -0.3 is 5.32 Å². The molecule has 0 aromatic heterocycles. The number of fused-ring (bicyclic) bond motifs is 1. The molecule has 0 heterocycles. The summed E-state index contributed by atoms with van der Waals surface area (Å²) < 4.78 is 26.7. The third kappa shape index (κ3) is 4.42. The Hall–Kier alpha value is -1.40. The Kier molecular flexibility index (Phi) is 5.49.